The van der Waals surface area contributed by atoms with Crippen LogP contribution in [0.4, 0.5) is 8.78 Å². The minimum atomic E-state index is -0.697. The predicted molar refractivity (Wildman–Crippen MR) is 71.6 cm³/mol. The van der Waals surface area contributed by atoms with Crippen LogP contribution < -0.4 is 5.32 Å². The van der Waals surface area contributed by atoms with Crippen molar-refractivity contribution in [3.63, 3.8) is 0 Å². The first-order chi connectivity index (χ1) is 8.83. The zero-order chi connectivity index (χ0) is 14.2. The lowest BCUT2D eigenvalue weighted by Crippen LogP contribution is -2.60. The summed E-state index contributed by atoms with van der Waals surface area (Å²) in [6.45, 7) is 4.51. The standard InChI is InChI=1S/C13H15BrF2N2O/c1-13(2)12(19)18(6-5-17-13)7-8-10(15)4-3-9(14)11(8)16/h3-4,17H,5-7H2,1-2H3. The van der Waals surface area contributed by atoms with E-state index in [4.69, 9.17) is 0 Å². The average molecular weight is 333 g/mol. The van der Waals surface area contributed by atoms with E-state index in [1.54, 1.807) is 13.8 Å². The van der Waals surface area contributed by atoms with E-state index in [1.807, 2.05) is 0 Å². The minimum Gasteiger partial charge on any atom is -0.335 e. The number of rotatable bonds is 2. The van der Waals surface area contributed by atoms with Gasteiger partial charge >= 0.3 is 0 Å². The Labute approximate surface area is 119 Å². The normalized spacial score (nSPS) is 18.8. The Morgan fingerprint density at radius 3 is 2.79 bits per heavy atom. The third-order valence-corrected chi connectivity index (χ3v) is 3.87. The lowest BCUT2D eigenvalue weighted by atomic mass is 10.00. The maximum Gasteiger partial charge on any atom is 0.242 e. The molecule has 0 saturated carbocycles. The third kappa shape index (κ3) is 2.79. The monoisotopic (exact) mass is 332 g/mol. The first kappa shape index (κ1) is 14.4. The van der Waals surface area contributed by atoms with E-state index in [2.05, 4.69) is 21.2 Å². The number of carbonyl (C=O) groups excluding carboxylic acids is 1. The van der Waals surface area contributed by atoms with E-state index in [1.165, 1.54) is 17.0 Å². The van der Waals surface area contributed by atoms with Crippen molar-refractivity contribution in [3.8, 4) is 0 Å². The second-order valence-corrected chi connectivity index (χ2v) is 5.95. The SMILES string of the molecule is CC1(C)NCCN(Cc2c(F)ccc(Br)c2F)C1=O. The van der Waals surface area contributed by atoms with Crippen LogP contribution in [0.2, 0.25) is 0 Å². The summed E-state index contributed by atoms with van der Waals surface area (Å²) in [5.74, 6) is -1.44. The van der Waals surface area contributed by atoms with Crippen molar-refractivity contribution >= 4 is 21.8 Å². The summed E-state index contributed by atoms with van der Waals surface area (Å²) in [6.07, 6.45) is 0. The molecular formula is C13H15BrF2N2O. The van der Waals surface area contributed by atoms with Gasteiger partial charge in [0.15, 0.2) is 0 Å². The van der Waals surface area contributed by atoms with Crippen molar-refractivity contribution in [2.24, 2.45) is 0 Å². The van der Waals surface area contributed by atoms with Gasteiger partial charge in [-0.1, -0.05) is 0 Å². The molecule has 0 unspecified atom stereocenters. The lowest BCUT2D eigenvalue weighted by molar-refractivity contribution is -0.140. The number of hydrogen-bond acceptors (Lipinski definition) is 2. The Bertz CT molecular complexity index is 520. The van der Waals surface area contributed by atoms with Crippen LogP contribution in [-0.2, 0) is 11.3 Å². The first-order valence-corrected chi connectivity index (χ1v) is 6.79. The molecule has 19 heavy (non-hydrogen) atoms. The molecule has 1 N–H and O–H groups in total. The molecule has 0 spiro atoms. The molecule has 1 aliphatic rings. The molecule has 1 fully saturated rings. The molecule has 1 aliphatic heterocycles. The van der Waals surface area contributed by atoms with Crippen LogP contribution in [-0.4, -0.2) is 29.4 Å². The van der Waals surface area contributed by atoms with Crippen molar-refractivity contribution in [3.05, 3.63) is 33.8 Å². The molecule has 0 aliphatic carbocycles. The number of nitrogens with one attached hydrogen (secondary N) is 1. The molecule has 0 aromatic heterocycles. The molecule has 6 heteroatoms. The van der Waals surface area contributed by atoms with Gasteiger partial charge in [-0.2, -0.15) is 0 Å². The van der Waals surface area contributed by atoms with Gasteiger partial charge in [0.1, 0.15) is 11.6 Å². The highest BCUT2D eigenvalue weighted by atomic mass is 79.9. The molecule has 1 aromatic carbocycles. The Hall–Kier alpha value is -1.01. The van der Waals surface area contributed by atoms with Crippen LogP contribution in [0.15, 0.2) is 16.6 Å². The molecular weight excluding hydrogens is 318 g/mol. The van der Waals surface area contributed by atoms with Crippen LogP contribution in [0.25, 0.3) is 0 Å². The van der Waals surface area contributed by atoms with Gasteiger partial charge in [-0.15, -0.1) is 0 Å². The Morgan fingerprint density at radius 1 is 1.42 bits per heavy atom. The van der Waals surface area contributed by atoms with Crippen molar-refractivity contribution in [1.29, 1.82) is 0 Å². The van der Waals surface area contributed by atoms with Crippen molar-refractivity contribution in [1.82, 2.24) is 10.2 Å². The summed E-state index contributed by atoms with van der Waals surface area (Å²) < 4.78 is 27.8. The number of amides is 1. The number of carbonyl (C=O) groups is 1. The van der Waals surface area contributed by atoms with Gasteiger partial charge in [0.2, 0.25) is 5.91 Å². The average Bonchev–Trinajstić information content (AvgIpc) is 2.35. The van der Waals surface area contributed by atoms with Crippen molar-refractivity contribution in [2.75, 3.05) is 13.1 Å². The fourth-order valence-corrected chi connectivity index (χ4v) is 2.50. The summed E-state index contributed by atoms with van der Waals surface area (Å²) in [7, 11) is 0. The number of benzene rings is 1. The summed E-state index contributed by atoms with van der Waals surface area (Å²) >= 11 is 3.03. The van der Waals surface area contributed by atoms with Gasteiger partial charge in [-0.25, -0.2) is 8.78 Å². The van der Waals surface area contributed by atoms with E-state index in [9.17, 15) is 13.6 Å². The number of halogens is 3. The van der Waals surface area contributed by atoms with Crippen LogP contribution in [0.3, 0.4) is 0 Å². The fourth-order valence-electron chi connectivity index (χ4n) is 2.13. The van der Waals surface area contributed by atoms with E-state index < -0.39 is 17.2 Å². The molecule has 104 valence electrons. The van der Waals surface area contributed by atoms with E-state index in [-0.39, 0.29) is 22.5 Å². The topological polar surface area (TPSA) is 32.3 Å². The quantitative estimate of drug-likeness (QED) is 0.843. The zero-order valence-corrected chi connectivity index (χ0v) is 12.4. The largest absolute Gasteiger partial charge is 0.335 e. The Morgan fingerprint density at radius 2 is 2.11 bits per heavy atom. The zero-order valence-electron chi connectivity index (χ0n) is 10.8. The molecule has 1 heterocycles. The molecule has 0 atom stereocenters. The number of hydrogen-bond donors (Lipinski definition) is 1. The van der Waals surface area contributed by atoms with E-state index in [0.29, 0.717) is 13.1 Å². The summed E-state index contributed by atoms with van der Waals surface area (Å²) in [5.41, 5.74) is -0.780. The second-order valence-electron chi connectivity index (χ2n) is 5.10. The predicted octanol–water partition coefficient (Wildman–Crippen LogP) is 2.44. The van der Waals surface area contributed by atoms with Crippen LogP contribution in [0.5, 0.6) is 0 Å². The van der Waals surface area contributed by atoms with Gasteiger partial charge < -0.3 is 10.2 Å². The van der Waals surface area contributed by atoms with E-state index in [0.717, 1.165) is 0 Å². The third-order valence-electron chi connectivity index (χ3n) is 3.26. The Balaban J connectivity index is 2.27. The van der Waals surface area contributed by atoms with Crippen molar-refractivity contribution < 1.29 is 13.6 Å². The van der Waals surface area contributed by atoms with Crippen LogP contribution in [0.1, 0.15) is 19.4 Å². The highest BCUT2D eigenvalue weighted by molar-refractivity contribution is 9.10. The number of nitrogens with zero attached hydrogens (tertiary/aromatic N) is 1. The molecule has 3 nitrogen and oxygen atoms in total. The van der Waals surface area contributed by atoms with Crippen LogP contribution >= 0.6 is 15.9 Å². The highest BCUT2D eigenvalue weighted by Gasteiger charge is 2.35. The first-order valence-electron chi connectivity index (χ1n) is 5.99. The minimum absolute atomic E-state index is 0.0545. The van der Waals surface area contributed by atoms with Crippen LogP contribution in [0, 0.1) is 11.6 Å². The summed E-state index contributed by atoms with van der Waals surface area (Å²) in [6, 6.07) is 2.51. The van der Waals surface area contributed by atoms with Gasteiger partial charge in [-0.05, 0) is 41.9 Å². The van der Waals surface area contributed by atoms with Gasteiger partial charge in [0.05, 0.1) is 16.6 Å². The maximum atomic E-state index is 13.9. The van der Waals surface area contributed by atoms with Gasteiger partial charge in [0.25, 0.3) is 0 Å². The maximum absolute atomic E-state index is 13.9. The van der Waals surface area contributed by atoms with E-state index >= 15 is 0 Å². The molecule has 1 aromatic rings. The Kier molecular flexibility index (Phi) is 3.92. The summed E-state index contributed by atoms with van der Waals surface area (Å²) in [4.78, 5) is 13.6. The molecule has 1 amide bonds. The van der Waals surface area contributed by atoms with Gasteiger partial charge in [-0.3, -0.25) is 4.79 Å². The number of piperazine rings is 1. The lowest BCUT2D eigenvalue weighted by Gasteiger charge is -2.38. The highest BCUT2D eigenvalue weighted by Crippen LogP contribution is 2.24. The molecule has 0 bridgehead atoms. The van der Waals surface area contributed by atoms with Crippen molar-refractivity contribution in [2.45, 2.75) is 25.9 Å². The van der Waals surface area contributed by atoms with Gasteiger partial charge in [0, 0.05) is 18.7 Å². The molecule has 2 rings (SSSR count). The second kappa shape index (κ2) is 5.17. The smallest absolute Gasteiger partial charge is 0.242 e. The molecule has 1 saturated heterocycles. The summed E-state index contributed by atoms with van der Waals surface area (Å²) in [5, 5.41) is 3.08. The molecule has 0 radical (unpaired) electrons. The fraction of sp³-hybridized carbons (Fsp3) is 0.462.